The second-order valence-electron chi connectivity index (χ2n) is 5.63. The SMILES string of the molecule is Cc1ccncc1-n1ccc2ccc(-c3ccc(Cl)cc3)cc21. The van der Waals surface area contributed by atoms with Gasteiger partial charge in [0.1, 0.15) is 0 Å². The summed E-state index contributed by atoms with van der Waals surface area (Å²) in [5.41, 5.74) is 5.82. The van der Waals surface area contributed by atoms with E-state index >= 15 is 0 Å². The van der Waals surface area contributed by atoms with Crippen LogP contribution in [0.1, 0.15) is 5.56 Å². The topological polar surface area (TPSA) is 17.8 Å². The van der Waals surface area contributed by atoms with Crippen LogP contribution in [0.25, 0.3) is 27.7 Å². The third kappa shape index (κ3) is 2.51. The lowest BCUT2D eigenvalue weighted by molar-refractivity contribution is 1.07. The Kier molecular flexibility index (Phi) is 3.40. The highest BCUT2D eigenvalue weighted by atomic mass is 35.5. The molecule has 0 fully saturated rings. The molecule has 3 heteroatoms. The molecule has 0 radical (unpaired) electrons. The first-order valence-corrected chi connectivity index (χ1v) is 7.88. The number of benzene rings is 2. The number of fused-ring (bicyclic) bond motifs is 1. The maximum Gasteiger partial charge on any atom is 0.0668 e. The molecule has 0 atom stereocenters. The molecule has 4 rings (SSSR count). The number of nitrogens with zero attached hydrogens (tertiary/aromatic N) is 2. The zero-order chi connectivity index (χ0) is 15.8. The molecule has 0 spiro atoms. The molecule has 0 N–H and O–H groups in total. The summed E-state index contributed by atoms with van der Waals surface area (Å²) in [6.45, 7) is 2.10. The molecule has 2 nitrogen and oxygen atoms in total. The van der Waals surface area contributed by atoms with Gasteiger partial charge in [0.2, 0.25) is 0 Å². The highest BCUT2D eigenvalue weighted by Gasteiger charge is 2.07. The third-order valence-electron chi connectivity index (χ3n) is 4.14. The number of hydrogen-bond donors (Lipinski definition) is 0. The second-order valence-corrected chi connectivity index (χ2v) is 6.06. The highest BCUT2D eigenvalue weighted by Crippen LogP contribution is 2.28. The standard InChI is InChI=1S/C20H15ClN2/c1-14-8-10-22-13-20(14)23-11-9-16-2-3-17(12-19(16)23)15-4-6-18(21)7-5-15/h2-13H,1H3. The van der Waals surface area contributed by atoms with Crippen LogP contribution in [0.4, 0.5) is 0 Å². The van der Waals surface area contributed by atoms with Crippen molar-refractivity contribution in [1.29, 1.82) is 0 Å². The molecule has 0 aliphatic heterocycles. The fourth-order valence-corrected chi connectivity index (χ4v) is 2.99. The van der Waals surface area contributed by atoms with Crippen molar-refractivity contribution in [2.75, 3.05) is 0 Å². The van der Waals surface area contributed by atoms with Crippen LogP contribution >= 0.6 is 11.6 Å². The van der Waals surface area contributed by atoms with Crippen LogP contribution < -0.4 is 0 Å². The largest absolute Gasteiger partial charge is 0.315 e. The number of aryl methyl sites for hydroxylation is 1. The van der Waals surface area contributed by atoms with E-state index in [4.69, 9.17) is 11.6 Å². The Hall–Kier alpha value is -2.58. The summed E-state index contributed by atoms with van der Waals surface area (Å²) in [4.78, 5) is 4.26. The molecule has 112 valence electrons. The zero-order valence-corrected chi connectivity index (χ0v) is 13.5. The van der Waals surface area contributed by atoms with Gasteiger partial charge in [-0.1, -0.05) is 35.9 Å². The Morgan fingerprint density at radius 1 is 0.913 bits per heavy atom. The Morgan fingerprint density at radius 3 is 2.48 bits per heavy atom. The molecule has 0 bridgehead atoms. The van der Waals surface area contributed by atoms with Gasteiger partial charge in [0.05, 0.1) is 17.4 Å². The van der Waals surface area contributed by atoms with E-state index in [0.717, 1.165) is 16.3 Å². The van der Waals surface area contributed by atoms with Crippen molar-refractivity contribution in [3.63, 3.8) is 0 Å². The van der Waals surface area contributed by atoms with Crippen molar-refractivity contribution < 1.29 is 0 Å². The zero-order valence-electron chi connectivity index (χ0n) is 12.7. The Morgan fingerprint density at radius 2 is 1.70 bits per heavy atom. The Bertz CT molecular complexity index is 984. The molecule has 2 aromatic carbocycles. The molecule has 0 unspecified atom stereocenters. The molecular weight excluding hydrogens is 304 g/mol. The molecule has 0 amide bonds. The van der Waals surface area contributed by atoms with Crippen LogP contribution in [0.3, 0.4) is 0 Å². The van der Waals surface area contributed by atoms with Crippen molar-refractivity contribution in [2.45, 2.75) is 6.92 Å². The lowest BCUT2D eigenvalue weighted by Crippen LogP contribution is -1.96. The van der Waals surface area contributed by atoms with Crippen molar-refractivity contribution in [3.05, 3.63) is 83.8 Å². The van der Waals surface area contributed by atoms with E-state index in [0.29, 0.717) is 0 Å². The predicted molar refractivity (Wildman–Crippen MR) is 96.3 cm³/mol. The highest BCUT2D eigenvalue weighted by molar-refractivity contribution is 6.30. The minimum absolute atomic E-state index is 0.754. The van der Waals surface area contributed by atoms with Gasteiger partial charge in [-0.2, -0.15) is 0 Å². The lowest BCUT2D eigenvalue weighted by Gasteiger charge is -2.09. The minimum atomic E-state index is 0.754. The molecule has 4 aromatic rings. The predicted octanol–water partition coefficient (Wildman–Crippen LogP) is 5.65. The maximum absolute atomic E-state index is 5.99. The fourth-order valence-electron chi connectivity index (χ4n) is 2.87. The normalized spacial score (nSPS) is 11.0. The van der Waals surface area contributed by atoms with Crippen molar-refractivity contribution in [2.24, 2.45) is 0 Å². The van der Waals surface area contributed by atoms with Crippen LogP contribution in [-0.4, -0.2) is 9.55 Å². The summed E-state index contributed by atoms with van der Waals surface area (Å²) in [5.74, 6) is 0. The number of pyridine rings is 1. The van der Waals surface area contributed by atoms with E-state index in [1.165, 1.54) is 22.0 Å². The van der Waals surface area contributed by atoms with Gasteiger partial charge < -0.3 is 4.57 Å². The smallest absolute Gasteiger partial charge is 0.0668 e. The van der Waals surface area contributed by atoms with Crippen LogP contribution in [0.5, 0.6) is 0 Å². The summed E-state index contributed by atoms with van der Waals surface area (Å²) >= 11 is 5.99. The monoisotopic (exact) mass is 318 g/mol. The van der Waals surface area contributed by atoms with Gasteiger partial charge in [0.15, 0.2) is 0 Å². The van der Waals surface area contributed by atoms with E-state index < -0.39 is 0 Å². The fraction of sp³-hybridized carbons (Fsp3) is 0.0500. The first kappa shape index (κ1) is 14.0. The summed E-state index contributed by atoms with van der Waals surface area (Å²) in [5, 5.41) is 1.97. The summed E-state index contributed by atoms with van der Waals surface area (Å²) < 4.78 is 2.19. The van der Waals surface area contributed by atoms with E-state index in [-0.39, 0.29) is 0 Å². The third-order valence-corrected chi connectivity index (χ3v) is 4.39. The number of hydrogen-bond acceptors (Lipinski definition) is 1. The van der Waals surface area contributed by atoms with Crippen molar-refractivity contribution >= 4 is 22.5 Å². The van der Waals surface area contributed by atoms with Crippen LogP contribution in [0.15, 0.2) is 73.2 Å². The first-order chi connectivity index (χ1) is 11.2. The second kappa shape index (κ2) is 5.56. The Balaban J connectivity index is 1.90. The van der Waals surface area contributed by atoms with Gasteiger partial charge in [-0.3, -0.25) is 4.98 Å². The molecule has 0 aliphatic carbocycles. The van der Waals surface area contributed by atoms with E-state index in [1.807, 2.05) is 42.7 Å². The van der Waals surface area contributed by atoms with Gasteiger partial charge in [-0.05, 0) is 59.3 Å². The van der Waals surface area contributed by atoms with Crippen LogP contribution in [0.2, 0.25) is 5.02 Å². The lowest BCUT2D eigenvalue weighted by atomic mass is 10.0. The van der Waals surface area contributed by atoms with Gasteiger partial charge in [0, 0.05) is 17.4 Å². The number of aromatic nitrogens is 2. The number of rotatable bonds is 2. The average Bonchev–Trinajstić information content (AvgIpc) is 2.99. The van der Waals surface area contributed by atoms with Crippen LogP contribution in [-0.2, 0) is 0 Å². The quantitative estimate of drug-likeness (QED) is 0.466. The van der Waals surface area contributed by atoms with Gasteiger partial charge in [-0.15, -0.1) is 0 Å². The molecule has 0 saturated heterocycles. The van der Waals surface area contributed by atoms with Crippen molar-refractivity contribution in [1.82, 2.24) is 9.55 Å². The minimum Gasteiger partial charge on any atom is -0.315 e. The van der Waals surface area contributed by atoms with Gasteiger partial charge in [-0.25, -0.2) is 0 Å². The van der Waals surface area contributed by atoms with E-state index in [1.54, 1.807) is 0 Å². The first-order valence-electron chi connectivity index (χ1n) is 7.50. The van der Waals surface area contributed by atoms with Crippen LogP contribution in [0, 0.1) is 6.92 Å². The van der Waals surface area contributed by atoms with Crippen molar-refractivity contribution in [3.8, 4) is 16.8 Å². The van der Waals surface area contributed by atoms with E-state index in [2.05, 4.69) is 46.9 Å². The average molecular weight is 319 g/mol. The van der Waals surface area contributed by atoms with Gasteiger partial charge in [0.25, 0.3) is 0 Å². The molecule has 2 heterocycles. The summed E-state index contributed by atoms with van der Waals surface area (Å²) in [6.07, 6.45) is 5.83. The maximum atomic E-state index is 5.99. The summed E-state index contributed by atoms with van der Waals surface area (Å²) in [6, 6.07) is 18.6. The molecule has 2 aromatic heterocycles. The molecule has 0 aliphatic rings. The molecule has 0 saturated carbocycles. The van der Waals surface area contributed by atoms with Gasteiger partial charge >= 0.3 is 0 Å². The number of halogens is 1. The molecule has 23 heavy (non-hydrogen) atoms. The van der Waals surface area contributed by atoms with E-state index in [9.17, 15) is 0 Å². The Labute approximate surface area is 140 Å². The molecular formula is C20H15ClN2. The summed E-state index contributed by atoms with van der Waals surface area (Å²) in [7, 11) is 0.